The first-order chi connectivity index (χ1) is 15.5. The quantitative estimate of drug-likeness (QED) is 0.433. The zero-order chi connectivity index (χ0) is 22.7. The number of nitrogens with zero attached hydrogens (tertiary/aromatic N) is 2. The fraction of sp³-hybridized carbons (Fsp3) is 0.130. The predicted octanol–water partition coefficient (Wildman–Crippen LogP) is 4.03. The minimum atomic E-state index is -0.639. The van der Waals surface area contributed by atoms with Crippen molar-refractivity contribution in [3.8, 4) is 16.8 Å². The summed E-state index contributed by atoms with van der Waals surface area (Å²) in [7, 11) is 0. The lowest BCUT2D eigenvalue weighted by atomic mass is 10.0. The van der Waals surface area contributed by atoms with Crippen LogP contribution in [0.2, 0.25) is 0 Å². The number of amides is 1. The van der Waals surface area contributed by atoms with Crippen LogP contribution in [0.15, 0.2) is 64.8 Å². The van der Waals surface area contributed by atoms with E-state index in [-0.39, 0.29) is 18.0 Å². The molecule has 0 bridgehead atoms. The SMILES string of the molecule is CCOC(=O)c1c(-c2ccc(C)cc2)csc1NC(=O)c1nn(-c2ccccc2)c(=O)[nH]1. The van der Waals surface area contributed by atoms with Crippen molar-refractivity contribution in [2.75, 3.05) is 11.9 Å². The van der Waals surface area contributed by atoms with E-state index in [1.807, 2.05) is 37.3 Å². The molecule has 1 amide bonds. The summed E-state index contributed by atoms with van der Waals surface area (Å²) in [5, 5.41) is 8.89. The van der Waals surface area contributed by atoms with Crippen LogP contribution in [0.25, 0.3) is 16.8 Å². The number of aromatic nitrogens is 3. The van der Waals surface area contributed by atoms with Crippen molar-refractivity contribution in [2.45, 2.75) is 13.8 Å². The molecule has 8 nitrogen and oxygen atoms in total. The Hall–Kier alpha value is -3.98. The van der Waals surface area contributed by atoms with Gasteiger partial charge in [0.25, 0.3) is 5.91 Å². The summed E-state index contributed by atoms with van der Waals surface area (Å²) in [6.45, 7) is 3.89. The van der Waals surface area contributed by atoms with Gasteiger partial charge in [-0.3, -0.25) is 9.78 Å². The van der Waals surface area contributed by atoms with Crippen LogP contribution in [0.1, 0.15) is 33.5 Å². The average molecular weight is 449 g/mol. The average Bonchev–Trinajstić information content (AvgIpc) is 3.39. The number of aryl methyl sites for hydroxylation is 1. The highest BCUT2D eigenvalue weighted by Gasteiger charge is 2.24. The van der Waals surface area contributed by atoms with Crippen LogP contribution >= 0.6 is 11.3 Å². The second kappa shape index (κ2) is 9.03. The van der Waals surface area contributed by atoms with Crippen molar-refractivity contribution in [1.29, 1.82) is 0 Å². The number of carbonyl (C=O) groups is 2. The number of rotatable bonds is 6. The molecule has 0 saturated heterocycles. The summed E-state index contributed by atoms with van der Waals surface area (Å²) in [6, 6.07) is 16.5. The smallest absolute Gasteiger partial charge is 0.348 e. The fourth-order valence-electron chi connectivity index (χ4n) is 3.13. The van der Waals surface area contributed by atoms with Crippen molar-refractivity contribution in [2.24, 2.45) is 0 Å². The molecule has 0 spiro atoms. The van der Waals surface area contributed by atoms with Gasteiger partial charge >= 0.3 is 11.7 Å². The molecule has 0 aliphatic rings. The van der Waals surface area contributed by atoms with Crippen LogP contribution in [-0.4, -0.2) is 33.2 Å². The van der Waals surface area contributed by atoms with E-state index in [0.717, 1.165) is 15.8 Å². The highest BCUT2D eigenvalue weighted by atomic mass is 32.1. The summed E-state index contributed by atoms with van der Waals surface area (Å²) < 4.78 is 6.32. The highest BCUT2D eigenvalue weighted by Crippen LogP contribution is 2.36. The van der Waals surface area contributed by atoms with Crippen molar-refractivity contribution >= 4 is 28.2 Å². The third-order valence-corrected chi connectivity index (χ3v) is 5.59. The van der Waals surface area contributed by atoms with Crippen molar-refractivity contribution in [3.63, 3.8) is 0 Å². The summed E-state index contributed by atoms with van der Waals surface area (Å²) in [5.74, 6) is -1.35. The van der Waals surface area contributed by atoms with E-state index in [9.17, 15) is 14.4 Å². The maximum absolute atomic E-state index is 12.8. The van der Waals surface area contributed by atoms with E-state index in [2.05, 4.69) is 15.4 Å². The van der Waals surface area contributed by atoms with Gasteiger partial charge < -0.3 is 10.1 Å². The van der Waals surface area contributed by atoms with Gasteiger partial charge in [0.05, 0.1) is 12.3 Å². The lowest BCUT2D eigenvalue weighted by molar-refractivity contribution is 0.0529. The Morgan fingerprint density at radius 2 is 1.84 bits per heavy atom. The first-order valence-electron chi connectivity index (χ1n) is 9.89. The van der Waals surface area contributed by atoms with Crippen LogP contribution in [0.4, 0.5) is 5.00 Å². The Morgan fingerprint density at radius 1 is 1.12 bits per heavy atom. The van der Waals surface area contributed by atoms with E-state index in [1.54, 1.807) is 36.6 Å². The van der Waals surface area contributed by atoms with E-state index in [4.69, 9.17) is 4.74 Å². The molecule has 4 aromatic rings. The summed E-state index contributed by atoms with van der Waals surface area (Å²) in [6.07, 6.45) is 0. The zero-order valence-corrected chi connectivity index (χ0v) is 18.2. The van der Waals surface area contributed by atoms with Gasteiger partial charge in [0.15, 0.2) is 0 Å². The molecule has 2 aromatic carbocycles. The molecule has 4 rings (SSSR count). The standard InChI is InChI=1S/C23H20N4O4S/c1-3-31-22(29)18-17(15-11-9-14(2)10-12-15)13-32-21(18)25-20(28)19-24-23(30)27(26-19)16-7-5-4-6-8-16/h4-13H,3H2,1-2H3,(H,25,28)(H,24,26,30). The topological polar surface area (TPSA) is 106 Å². The normalized spacial score (nSPS) is 10.7. The second-order valence-corrected chi connectivity index (χ2v) is 7.80. The van der Waals surface area contributed by atoms with E-state index < -0.39 is 17.6 Å². The number of esters is 1. The predicted molar refractivity (Wildman–Crippen MR) is 123 cm³/mol. The van der Waals surface area contributed by atoms with Crippen LogP contribution in [0, 0.1) is 6.92 Å². The molecule has 32 heavy (non-hydrogen) atoms. The number of benzene rings is 2. The zero-order valence-electron chi connectivity index (χ0n) is 17.4. The molecule has 0 unspecified atom stereocenters. The Morgan fingerprint density at radius 3 is 2.53 bits per heavy atom. The highest BCUT2D eigenvalue weighted by molar-refractivity contribution is 7.15. The lowest BCUT2D eigenvalue weighted by Crippen LogP contribution is -2.17. The number of anilines is 1. The maximum Gasteiger partial charge on any atom is 0.348 e. The van der Waals surface area contributed by atoms with Crippen molar-refractivity contribution in [3.05, 3.63) is 87.4 Å². The van der Waals surface area contributed by atoms with Gasteiger partial charge in [-0.2, -0.15) is 4.68 Å². The molecule has 2 heterocycles. The van der Waals surface area contributed by atoms with E-state index >= 15 is 0 Å². The van der Waals surface area contributed by atoms with Gasteiger partial charge in [-0.25, -0.2) is 9.59 Å². The van der Waals surface area contributed by atoms with Gasteiger partial charge in [-0.05, 0) is 31.5 Å². The van der Waals surface area contributed by atoms with Gasteiger partial charge in [0.2, 0.25) is 5.82 Å². The molecule has 0 aliphatic heterocycles. The van der Waals surface area contributed by atoms with E-state index in [1.165, 1.54) is 11.3 Å². The van der Waals surface area contributed by atoms with Crippen molar-refractivity contribution in [1.82, 2.24) is 14.8 Å². The first-order valence-corrected chi connectivity index (χ1v) is 10.8. The molecule has 0 atom stereocenters. The fourth-order valence-corrected chi connectivity index (χ4v) is 4.09. The minimum absolute atomic E-state index is 0.168. The summed E-state index contributed by atoms with van der Waals surface area (Å²) >= 11 is 1.20. The van der Waals surface area contributed by atoms with Gasteiger partial charge in [-0.1, -0.05) is 48.0 Å². The Labute approximate surface area is 187 Å². The molecule has 0 aliphatic carbocycles. The largest absolute Gasteiger partial charge is 0.462 e. The number of carbonyl (C=O) groups excluding carboxylic acids is 2. The number of hydrogen-bond acceptors (Lipinski definition) is 6. The number of nitrogens with one attached hydrogen (secondary N) is 2. The second-order valence-electron chi connectivity index (χ2n) is 6.92. The number of ether oxygens (including phenoxy) is 1. The molecular formula is C23H20N4O4S. The van der Waals surface area contributed by atoms with Crippen LogP contribution in [0.3, 0.4) is 0 Å². The summed E-state index contributed by atoms with van der Waals surface area (Å²) in [5.41, 5.74) is 2.83. The van der Waals surface area contributed by atoms with Gasteiger partial charge in [0.1, 0.15) is 10.6 Å². The summed E-state index contributed by atoms with van der Waals surface area (Å²) in [4.78, 5) is 40.3. The lowest BCUT2D eigenvalue weighted by Gasteiger charge is -2.08. The molecule has 0 saturated carbocycles. The molecule has 2 aromatic heterocycles. The number of hydrogen-bond donors (Lipinski definition) is 2. The number of aromatic amines is 1. The third-order valence-electron chi connectivity index (χ3n) is 4.69. The number of para-hydroxylation sites is 1. The van der Waals surface area contributed by atoms with Crippen LogP contribution in [0.5, 0.6) is 0 Å². The Bertz CT molecular complexity index is 1320. The Kier molecular flexibility index (Phi) is 6.00. The monoisotopic (exact) mass is 448 g/mol. The van der Waals surface area contributed by atoms with Crippen LogP contribution in [-0.2, 0) is 4.74 Å². The third kappa shape index (κ3) is 4.23. The van der Waals surface area contributed by atoms with Gasteiger partial charge in [0, 0.05) is 10.9 Å². The molecule has 162 valence electrons. The first kappa shape index (κ1) is 21.3. The minimum Gasteiger partial charge on any atom is -0.462 e. The van der Waals surface area contributed by atoms with Crippen LogP contribution < -0.4 is 11.0 Å². The molecule has 9 heteroatoms. The molecule has 2 N–H and O–H groups in total. The van der Waals surface area contributed by atoms with E-state index in [0.29, 0.717) is 16.3 Å². The molecule has 0 radical (unpaired) electrons. The van der Waals surface area contributed by atoms with Gasteiger partial charge in [-0.15, -0.1) is 16.4 Å². The molecular weight excluding hydrogens is 428 g/mol. The Balaban J connectivity index is 1.67. The molecule has 0 fully saturated rings. The van der Waals surface area contributed by atoms with Crippen molar-refractivity contribution < 1.29 is 14.3 Å². The maximum atomic E-state index is 12.8. The number of thiophene rings is 1. The number of H-pyrrole nitrogens is 1.